The van der Waals surface area contributed by atoms with Gasteiger partial charge in [0.25, 0.3) is 0 Å². The number of hydrogen-bond donors (Lipinski definition) is 2. The molecule has 0 aliphatic rings. The van der Waals surface area contributed by atoms with E-state index < -0.39 is 5.25 Å². The molecular formula is C20H17F2N3O2S2. The van der Waals surface area contributed by atoms with E-state index in [-0.39, 0.29) is 29.2 Å². The monoisotopic (exact) mass is 433 g/mol. The Hall–Kier alpha value is -2.78. The molecule has 2 aromatic carbocycles. The molecule has 3 rings (SSSR count). The molecular weight excluding hydrogens is 416 g/mol. The summed E-state index contributed by atoms with van der Waals surface area (Å²) in [6.45, 7) is 1.69. The van der Waals surface area contributed by atoms with E-state index in [0.29, 0.717) is 16.5 Å². The van der Waals surface area contributed by atoms with E-state index in [1.807, 2.05) is 0 Å². The lowest BCUT2D eigenvalue weighted by molar-refractivity contribution is -0.115. The predicted octanol–water partition coefficient (Wildman–Crippen LogP) is 4.79. The van der Waals surface area contributed by atoms with Crippen LogP contribution in [-0.2, 0) is 9.59 Å². The van der Waals surface area contributed by atoms with Crippen LogP contribution in [0.25, 0.3) is 11.3 Å². The molecule has 1 atom stereocenters. The van der Waals surface area contributed by atoms with Crippen LogP contribution >= 0.6 is 23.1 Å². The number of anilines is 2. The van der Waals surface area contributed by atoms with Crippen molar-refractivity contribution in [1.82, 2.24) is 4.98 Å². The minimum Gasteiger partial charge on any atom is -0.325 e. The van der Waals surface area contributed by atoms with Gasteiger partial charge < -0.3 is 10.6 Å². The normalized spacial score (nSPS) is 11.7. The summed E-state index contributed by atoms with van der Waals surface area (Å²) in [5, 5.41) is 7.09. The highest BCUT2D eigenvalue weighted by molar-refractivity contribution is 8.01. The number of aromatic nitrogens is 1. The number of amides is 2. The van der Waals surface area contributed by atoms with Crippen LogP contribution in [-0.4, -0.2) is 27.8 Å². The number of thioether (sulfide) groups is 1. The van der Waals surface area contributed by atoms with Crippen molar-refractivity contribution in [2.75, 3.05) is 16.4 Å². The molecule has 1 aromatic heterocycles. The van der Waals surface area contributed by atoms with Crippen molar-refractivity contribution < 1.29 is 18.4 Å². The van der Waals surface area contributed by atoms with Gasteiger partial charge in [0.2, 0.25) is 11.8 Å². The van der Waals surface area contributed by atoms with Gasteiger partial charge in [-0.3, -0.25) is 9.59 Å². The summed E-state index contributed by atoms with van der Waals surface area (Å²) >= 11 is 2.44. The zero-order valence-corrected chi connectivity index (χ0v) is 16.9. The third-order valence-corrected chi connectivity index (χ3v) is 5.74. The lowest BCUT2D eigenvalue weighted by Gasteiger charge is -2.10. The van der Waals surface area contributed by atoms with Crippen molar-refractivity contribution in [3.63, 3.8) is 0 Å². The molecule has 0 radical (unpaired) electrons. The number of rotatable bonds is 7. The second kappa shape index (κ2) is 9.62. The third kappa shape index (κ3) is 6.10. The number of benzene rings is 2. The smallest absolute Gasteiger partial charge is 0.239 e. The van der Waals surface area contributed by atoms with Crippen molar-refractivity contribution in [2.45, 2.75) is 12.2 Å². The summed E-state index contributed by atoms with van der Waals surface area (Å²) in [5.74, 6) is -1.19. The maximum atomic E-state index is 13.0. The maximum Gasteiger partial charge on any atom is 0.239 e. The van der Waals surface area contributed by atoms with Crippen LogP contribution in [0.1, 0.15) is 6.92 Å². The number of halogens is 2. The van der Waals surface area contributed by atoms with Gasteiger partial charge in [0, 0.05) is 16.6 Å². The van der Waals surface area contributed by atoms with Gasteiger partial charge in [-0.15, -0.1) is 23.1 Å². The average molecular weight is 434 g/mol. The fourth-order valence-electron chi connectivity index (χ4n) is 2.30. The molecule has 0 saturated carbocycles. The van der Waals surface area contributed by atoms with E-state index in [1.165, 1.54) is 59.5 Å². The van der Waals surface area contributed by atoms with E-state index in [2.05, 4.69) is 15.6 Å². The highest BCUT2D eigenvalue weighted by Gasteiger charge is 2.17. The molecule has 2 amide bonds. The van der Waals surface area contributed by atoms with Gasteiger partial charge in [0.05, 0.1) is 16.7 Å². The Labute approximate surface area is 174 Å². The summed E-state index contributed by atoms with van der Waals surface area (Å²) < 4.78 is 25.9. The first-order valence-corrected chi connectivity index (χ1v) is 10.5. The van der Waals surface area contributed by atoms with E-state index >= 15 is 0 Å². The maximum absolute atomic E-state index is 13.0. The molecule has 0 saturated heterocycles. The molecule has 0 aliphatic heterocycles. The largest absolute Gasteiger partial charge is 0.325 e. The molecule has 1 heterocycles. The lowest BCUT2D eigenvalue weighted by Crippen LogP contribution is -2.25. The zero-order valence-electron chi connectivity index (χ0n) is 15.3. The van der Waals surface area contributed by atoms with Crippen LogP contribution in [0.4, 0.5) is 19.6 Å². The Kier molecular flexibility index (Phi) is 6.95. The van der Waals surface area contributed by atoms with Gasteiger partial charge in [-0.1, -0.05) is 0 Å². The SMILES string of the molecule is CC(SCC(=O)Nc1ccc(F)cc1)C(=O)Nc1nc(-c2ccc(F)cc2)cs1. The van der Waals surface area contributed by atoms with Crippen molar-refractivity contribution >= 4 is 45.7 Å². The minimum absolute atomic E-state index is 0.0741. The summed E-state index contributed by atoms with van der Waals surface area (Å²) in [4.78, 5) is 28.6. The first-order valence-electron chi connectivity index (χ1n) is 8.60. The molecule has 5 nitrogen and oxygen atoms in total. The molecule has 150 valence electrons. The molecule has 0 spiro atoms. The van der Waals surface area contributed by atoms with Gasteiger partial charge in [0.15, 0.2) is 5.13 Å². The number of thiazole rings is 1. The van der Waals surface area contributed by atoms with E-state index in [4.69, 9.17) is 0 Å². The standard InChI is InChI=1S/C20H17F2N3O2S2/c1-12(28-11-18(26)23-16-8-6-15(22)7-9-16)19(27)25-20-24-17(10-29-20)13-2-4-14(21)5-3-13/h2-10,12H,11H2,1H3,(H,23,26)(H,24,25,27). The Morgan fingerprint density at radius 1 is 1.03 bits per heavy atom. The molecule has 29 heavy (non-hydrogen) atoms. The molecule has 0 aliphatic carbocycles. The second-order valence-electron chi connectivity index (χ2n) is 6.04. The molecule has 2 N–H and O–H groups in total. The molecule has 3 aromatic rings. The molecule has 0 fully saturated rings. The highest BCUT2D eigenvalue weighted by atomic mass is 32.2. The lowest BCUT2D eigenvalue weighted by atomic mass is 10.2. The highest BCUT2D eigenvalue weighted by Crippen LogP contribution is 2.25. The zero-order chi connectivity index (χ0) is 20.8. The first kappa shape index (κ1) is 20.9. The Morgan fingerprint density at radius 3 is 2.31 bits per heavy atom. The van der Waals surface area contributed by atoms with Gasteiger partial charge in [-0.2, -0.15) is 0 Å². The van der Waals surface area contributed by atoms with E-state index in [1.54, 1.807) is 24.4 Å². The van der Waals surface area contributed by atoms with Crippen LogP contribution in [0.3, 0.4) is 0 Å². The van der Waals surface area contributed by atoms with Gasteiger partial charge in [-0.25, -0.2) is 13.8 Å². The van der Waals surface area contributed by atoms with Crippen molar-refractivity contribution in [2.24, 2.45) is 0 Å². The number of nitrogens with zero attached hydrogens (tertiary/aromatic N) is 1. The van der Waals surface area contributed by atoms with E-state index in [9.17, 15) is 18.4 Å². The number of carbonyl (C=O) groups excluding carboxylic acids is 2. The summed E-state index contributed by atoms with van der Waals surface area (Å²) in [6, 6.07) is 11.4. The summed E-state index contributed by atoms with van der Waals surface area (Å²) in [7, 11) is 0. The topological polar surface area (TPSA) is 71.1 Å². The van der Waals surface area contributed by atoms with Gasteiger partial charge in [0.1, 0.15) is 11.6 Å². The third-order valence-electron chi connectivity index (χ3n) is 3.84. The average Bonchev–Trinajstić information content (AvgIpc) is 3.17. The van der Waals surface area contributed by atoms with Crippen molar-refractivity contribution in [1.29, 1.82) is 0 Å². The Morgan fingerprint density at radius 2 is 1.66 bits per heavy atom. The van der Waals surface area contributed by atoms with Crippen LogP contribution < -0.4 is 10.6 Å². The fourth-order valence-corrected chi connectivity index (χ4v) is 3.70. The van der Waals surface area contributed by atoms with E-state index in [0.717, 1.165) is 5.56 Å². The quantitative estimate of drug-likeness (QED) is 0.562. The second-order valence-corrected chi connectivity index (χ2v) is 8.23. The van der Waals surface area contributed by atoms with Gasteiger partial charge in [-0.05, 0) is 55.5 Å². The molecule has 1 unspecified atom stereocenters. The predicted molar refractivity (Wildman–Crippen MR) is 113 cm³/mol. The van der Waals surface area contributed by atoms with Crippen molar-refractivity contribution in [3.05, 3.63) is 65.5 Å². The summed E-state index contributed by atoms with van der Waals surface area (Å²) in [6.07, 6.45) is 0. The number of carbonyl (C=O) groups is 2. The Balaban J connectivity index is 1.48. The fraction of sp³-hybridized carbons (Fsp3) is 0.150. The van der Waals surface area contributed by atoms with Gasteiger partial charge >= 0.3 is 0 Å². The van der Waals surface area contributed by atoms with Crippen LogP contribution in [0.15, 0.2) is 53.9 Å². The van der Waals surface area contributed by atoms with Crippen LogP contribution in [0.5, 0.6) is 0 Å². The number of hydrogen-bond acceptors (Lipinski definition) is 5. The Bertz CT molecular complexity index is 992. The first-order chi connectivity index (χ1) is 13.9. The van der Waals surface area contributed by atoms with Crippen LogP contribution in [0, 0.1) is 11.6 Å². The minimum atomic E-state index is -0.480. The number of nitrogens with one attached hydrogen (secondary N) is 2. The molecule has 0 bridgehead atoms. The molecule has 9 heteroatoms. The van der Waals surface area contributed by atoms with Crippen LogP contribution in [0.2, 0.25) is 0 Å². The summed E-state index contributed by atoms with van der Waals surface area (Å²) in [5.41, 5.74) is 1.89. The van der Waals surface area contributed by atoms with Crippen molar-refractivity contribution in [3.8, 4) is 11.3 Å².